The van der Waals surface area contributed by atoms with Crippen LogP contribution in [0.15, 0.2) is 0 Å². The smallest absolute Gasteiger partial charge is 0.378 e. The molecule has 14 atom stereocenters. The first-order valence-electron chi connectivity index (χ1n) is 38.0. The highest BCUT2D eigenvalue weighted by atomic mass is 35.5. The molecule has 3 unspecified atom stereocenters. The standard InChI is InChI=1S/C73H115ClF6N12O13/c1-13-43(5)59-63(97)81-45(7)64(98)92-33-29-54(92)67(101)87(10)55(39-47-20-24-48(25-21-47)72(75,76)77)66(100)85(8)41-57(93)82-51(27-23-46-22-26-49(50(74)38-46)73(78,79)80)65(99)91-32-17-18-53(91)62(96)84-71(30-15-16-31-71)70(104)89(12)60(44(6)14-2)69(103)88(11)56(68(102)90-34-36-105-37-35-90)40-58(94)86(9)52(61(95)83-59)28-19-42(3)4/h42-56,59-60H,13-41H2,1-12H3,(H,81,97)(H,82,93)(H,83,95)(H,84,96)/t43-,44-,45-,46?,47?,48?,49?,50?,51-,52-,53-,54-,55-,56-,59-,60-/m0/s1. The third kappa shape index (κ3) is 21.0. The van der Waals surface area contributed by atoms with E-state index in [0.29, 0.717) is 32.1 Å². The fourth-order valence-electron chi connectivity index (χ4n) is 16.5. The van der Waals surface area contributed by atoms with Crippen molar-refractivity contribution >= 4 is 82.5 Å². The zero-order valence-electron chi connectivity index (χ0n) is 63.4. The SMILES string of the molecule is CC[C@H](C)[C@@H]1NC(=O)[C@H](CCC(C)C)N(C)C(=O)C[C@@H](C(=O)N2CCOCC2)N(C)C(=O)[C@H]([C@@H](C)CC)N(C)C(=O)C2(CCCC2)NC(=O)[C@@H]2CCCN2C(=O)[C@H](CCC2CCC(C(F)(F)F)C(Cl)C2)NC(=O)CN(C)C(=O)[C@H](CC2CCC(C(F)(F)F)CC2)N(C)C(=O)[C@@H]2CCN2C(=O)[C@H](C)NC1=O. The minimum atomic E-state index is -4.56. The van der Waals surface area contributed by atoms with E-state index in [2.05, 4.69) is 21.3 Å². The maximum Gasteiger partial charge on any atom is 0.393 e. The Balaban J connectivity index is 1.28. The van der Waals surface area contributed by atoms with Crippen LogP contribution in [0.3, 0.4) is 0 Å². The Morgan fingerprint density at radius 2 is 1.22 bits per heavy atom. The van der Waals surface area contributed by atoms with Gasteiger partial charge in [-0.05, 0) is 146 Å². The van der Waals surface area contributed by atoms with Gasteiger partial charge in [0.15, 0.2) is 0 Å². The van der Waals surface area contributed by atoms with Crippen molar-refractivity contribution in [3.63, 3.8) is 0 Å². The highest BCUT2D eigenvalue weighted by Crippen LogP contribution is 2.45. The van der Waals surface area contributed by atoms with Gasteiger partial charge in [-0.25, -0.2) is 0 Å². The van der Waals surface area contributed by atoms with Crippen molar-refractivity contribution in [3.05, 3.63) is 0 Å². The molecule has 32 heteroatoms. The molecule has 0 aromatic carbocycles. The summed E-state index contributed by atoms with van der Waals surface area (Å²) in [6.45, 7) is 12.2. The first-order valence-corrected chi connectivity index (χ1v) is 38.5. The second-order valence-corrected chi connectivity index (χ2v) is 32.0. The number of fused-ring (bicyclic) bond motifs is 2. The monoisotopic (exact) mass is 1520 g/mol. The molecule has 7 fully saturated rings. The number of rotatable bonds is 13. The molecular weight excluding hydrogens is 1400 g/mol. The molecule has 1 spiro atoms. The van der Waals surface area contributed by atoms with Gasteiger partial charge in [0, 0.05) is 66.8 Å². The van der Waals surface area contributed by atoms with E-state index in [9.17, 15) is 55.1 Å². The Bertz CT molecular complexity index is 3090. The average molecular weight is 1520 g/mol. The molecule has 0 aromatic rings. The van der Waals surface area contributed by atoms with E-state index in [0.717, 1.165) is 14.7 Å². The Morgan fingerprint density at radius 1 is 0.600 bits per heavy atom. The van der Waals surface area contributed by atoms with Gasteiger partial charge in [-0.3, -0.25) is 57.5 Å². The molecule has 4 saturated heterocycles. The summed E-state index contributed by atoms with van der Waals surface area (Å²) in [5, 5.41) is 10.1. The Hall–Kier alpha value is -6.53. The predicted molar refractivity (Wildman–Crippen MR) is 376 cm³/mol. The molecule has 0 bridgehead atoms. The lowest BCUT2D eigenvalue weighted by atomic mass is 9.78. The summed E-state index contributed by atoms with van der Waals surface area (Å²) < 4.78 is 89.7. The molecule has 4 N–H and O–H groups in total. The predicted octanol–water partition coefficient (Wildman–Crippen LogP) is 6.16. The highest BCUT2D eigenvalue weighted by molar-refractivity contribution is 6.21. The number of amides is 12. The van der Waals surface area contributed by atoms with Crippen molar-refractivity contribution in [2.75, 3.05) is 81.2 Å². The number of hydrogen-bond donors (Lipinski definition) is 4. The summed E-state index contributed by atoms with van der Waals surface area (Å²) in [6.07, 6.45) is -7.61. The Labute approximate surface area is 619 Å². The van der Waals surface area contributed by atoms with Crippen molar-refractivity contribution in [2.24, 2.45) is 41.4 Å². The van der Waals surface area contributed by atoms with Gasteiger partial charge < -0.3 is 65.2 Å². The van der Waals surface area contributed by atoms with Crippen molar-refractivity contribution < 1.29 is 88.6 Å². The van der Waals surface area contributed by atoms with Gasteiger partial charge in [0.2, 0.25) is 70.9 Å². The van der Waals surface area contributed by atoms with Crippen molar-refractivity contribution in [2.45, 2.75) is 267 Å². The molecular formula is C73H115ClF6N12O13. The number of likely N-dealkylation sites (N-methyl/N-ethyl adjacent to an activating group) is 5. The van der Waals surface area contributed by atoms with Crippen LogP contribution in [-0.2, 0) is 62.3 Å². The van der Waals surface area contributed by atoms with Crippen molar-refractivity contribution in [3.8, 4) is 0 Å². The van der Waals surface area contributed by atoms with E-state index >= 15 is 28.8 Å². The van der Waals surface area contributed by atoms with E-state index in [4.69, 9.17) is 16.3 Å². The summed E-state index contributed by atoms with van der Waals surface area (Å²) in [6, 6.07) is -11.9. The number of hydrogen-bond acceptors (Lipinski definition) is 13. The molecule has 25 nitrogen and oxygen atoms in total. The van der Waals surface area contributed by atoms with Crippen LogP contribution in [0.5, 0.6) is 0 Å². The first kappa shape index (κ1) is 85.7. The molecule has 594 valence electrons. The molecule has 7 aliphatic rings. The van der Waals surface area contributed by atoms with Crippen LogP contribution in [0.25, 0.3) is 0 Å². The summed E-state index contributed by atoms with van der Waals surface area (Å²) in [7, 11) is 6.80. The summed E-state index contributed by atoms with van der Waals surface area (Å²) in [4.78, 5) is 190. The second-order valence-electron chi connectivity index (χ2n) is 31.4. The van der Waals surface area contributed by atoms with Crippen LogP contribution in [0, 0.1) is 41.4 Å². The number of alkyl halides is 7. The number of carbonyl (C=O) groups excluding carboxylic acids is 12. The van der Waals surface area contributed by atoms with E-state index < -0.39 is 197 Å². The molecule has 4 heterocycles. The number of carbonyl (C=O) groups is 12. The summed E-state index contributed by atoms with van der Waals surface area (Å²) in [5.41, 5.74) is -1.63. The third-order valence-corrected chi connectivity index (χ3v) is 24.3. The fourth-order valence-corrected chi connectivity index (χ4v) is 17.0. The van der Waals surface area contributed by atoms with Crippen LogP contribution >= 0.6 is 11.6 Å². The zero-order valence-corrected chi connectivity index (χ0v) is 64.1. The van der Waals surface area contributed by atoms with Crippen LogP contribution < -0.4 is 21.3 Å². The third-order valence-electron chi connectivity index (χ3n) is 23.8. The Morgan fingerprint density at radius 3 is 1.79 bits per heavy atom. The molecule has 3 saturated carbocycles. The van der Waals surface area contributed by atoms with Gasteiger partial charge in [-0.1, -0.05) is 67.2 Å². The number of nitrogens with one attached hydrogen (secondary N) is 4. The first-order chi connectivity index (χ1) is 49.3. The largest absolute Gasteiger partial charge is 0.393 e. The number of nitrogens with zero attached hydrogens (tertiary/aromatic N) is 8. The second kappa shape index (κ2) is 37.1. The summed E-state index contributed by atoms with van der Waals surface area (Å²) >= 11 is 6.39. The average Bonchev–Trinajstić information content (AvgIpc) is 1.77. The van der Waals surface area contributed by atoms with E-state index in [1.54, 1.807) is 20.8 Å². The van der Waals surface area contributed by atoms with Crippen LogP contribution in [-0.4, -0.2) is 269 Å². The maximum atomic E-state index is 15.6. The van der Waals surface area contributed by atoms with Crippen LogP contribution in [0.4, 0.5) is 26.3 Å². The molecule has 7 rings (SSSR count). The van der Waals surface area contributed by atoms with Gasteiger partial charge in [0.25, 0.3) is 0 Å². The summed E-state index contributed by atoms with van der Waals surface area (Å²) in [5.74, 6) is -14.2. The molecule has 0 radical (unpaired) electrons. The van der Waals surface area contributed by atoms with E-state index in [1.807, 2.05) is 20.8 Å². The lowest BCUT2D eigenvalue weighted by Crippen LogP contribution is -2.65. The lowest BCUT2D eigenvalue weighted by Gasteiger charge is -2.44. The molecule has 105 heavy (non-hydrogen) atoms. The zero-order chi connectivity index (χ0) is 77.9. The minimum absolute atomic E-state index is 0.00245. The number of ether oxygens (including phenoxy) is 1. The normalized spacial score (nSPS) is 31.6. The maximum absolute atomic E-state index is 15.6. The molecule has 0 aromatic heterocycles. The lowest BCUT2D eigenvalue weighted by molar-refractivity contribution is -0.184. The van der Waals surface area contributed by atoms with Crippen LogP contribution in [0.1, 0.15) is 190 Å². The molecule has 3 aliphatic carbocycles. The molecule has 12 amide bonds. The highest BCUT2D eigenvalue weighted by Gasteiger charge is 2.53. The van der Waals surface area contributed by atoms with Gasteiger partial charge in [0.1, 0.15) is 59.9 Å². The van der Waals surface area contributed by atoms with E-state index in [-0.39, 0.29) is 148 Å². The van der Waals surface area contributed by atoms with Gasteiger partial charge in [0.05, 0.1) is 38.0 Å². The Kier molecular flexibility index (Phi) is 30.2. The van der Waals surface area contributed by atoms with Gasteiger partial charge in [-0.2, -0.15) is 26.3 Å². The fraction of sp³-hybridized carbons (Fsp3) is 0.836. The number of halogens is 7. The van der Waals surface area contributed by atoms with Gasteiger partial charge in [-0.15, -0.1) is 11.6 Å². The molecule has 4 aliphatic heterocycles. The quantitative estimate of drug-likeness (QED) is 0.119. The van der Waals surface area contributed by atoms with Gasteiger partial charge >= 0.3 is 12.4 Å². The van der Waals surface area contributed by atoms with Crippen molar-refractivity contribution in [1.82, 2.24) is 60.5 Å². The van der Waals surface area contributed by atoms with Crippen molar-refractivity contribution in [1.29, 1.82) is 0 Å². The topological polar surface area (TPSA) is 288 Å². The van der Waals surface area contributed by atoms with E-state index in [1.165, 1.54) is 66.7 Å². The minimum Gasteiger partial charge on any atom is -0.378 e. The number of morpholine rings is 1. The van der Waals surface area contributed by atoms with Crippen LogP contribution in [0.2, 0.25) is 0 Å².